The fraction of sp³-hybridized carbons (Fsp3) is 0.118. The van der Waals surface area contributed by atoms with Gasteiger partial charge in [0.15, 0.2) is 0 Å². The average Bonchev–Trinajstić information content (AvgIpc) is 2.57. The van der Waals surface area contributed by atoms with Crippen LogP contribution in [0, 0.1) is 0 Å². The van der Waals surface area contributed by atoms with E-state index < -0.39 is 0 Å². The van der Waals surface area contributed by atoms with E-state index in [9.17, 15) is 9.59 Å². The smallest absolute Gasteiger partial charge is 0.261 e. The van der Waals surface area contributed by atoms with Crippen molar-refractivity contribution in [2.45, 2.75) is 6.54 Å². The number of nitrogens with one attached hydrogen (secondary N) is 1. The van der Waals surface area contributed by atoms with Crippen LogP contribution in [-0.2, 0) is 6.54 Å². The van der Waals surface area contributed by atoms with E-state index in [1.165, 1.54) is 10.9 Å². The Hall–Kier alpha value is -2.47. The Morgan fingerprint density at radius 2 is 2.04 bits per heavy atom. The minimum atomic E-state index is -0.175. The number of aromatic nitrogens is 2. The van der Waals surface area contributed by atoms with E-state index in [2.05, 4.69) is 26.2 Å². The predicted octanol–water partition coefficient (Wildman–Crippen LogP) is 2.57. The van der Waals surface area contributed by atoms with Crippen LogP contribution < -0.4 is 10.9 Å². The summed E-state index contributed by atoms with van der Waals surface area (Å²) < 4.78 is 2.39. The van der Waals surface area contributed by atoms with Crippen molar-refractivity contribution in [1.29, 1.82) is 0 Å². The second kappa shape index (κ2) is 6.34. The van der Waals surface area contributed by atoms with Gasteiger partial charge in [0.2, 0.25) is 0 Å². The molecular weight excluding hydrogens is 358 g/mol. The number of nitrogens with zero attached hydrogens (tertiary/aromatic N) is 2. The van der Waals surface area contributed by atoms with Crippen molar-refractivity contribution in [1.82, 2.24) is 14.9 Å². The first-order chi connectivity index (χ1) is 11.1. The maximum atomic E-state index is 12.6. The number of hydrogen-bond acceptors (Lipinski definition) is 3. The van der Waals surface area contributed by atoms with Gasteiger partial charge in [-0.3, -0.25) is 14.2 Å². The summed E-state index contributed by atoms with van der Waals surface area (Å²) in [6.45, 7) is 0.293. The largest absolute Gasteiger partial charge is 0.355 e. The molecule has 116 valence electrons. The number of halogens is 1. The molecule has 0 aliphatic rings. The first-order valence-corrected chi connectivity index (χ1v) is 7.84. The molecule has 0 spiro atoms. The number of carbonyl (C=O) groups excluding carboxylic acids is 1. The molecule has 2 aromatic carbocycles. The molecule has 0 bridgehead atoms. The summed E-state index contributed by atoms with van der Waals surface area (Å²) in [5, 5.41) is 3.16. The van der Waals surface area contributed by atoms with E-state index in [-0.39, 0.29) is 11.5 Å². The number of hydrogen-bond donors (Lipinski definition) is 1. The maximum absolute atomic E-state index is 12.6. The van der Waals surface area contributed by atoms with Gasteiger partial charge in [0.1, 0.15) is 0 Å². The van der Waals surface area contributed by atoms with Gasteiger partial charge >= 0.3 is 0 Å². The van der Waals surface area contributed by atoms with Crippen LogP contribution in [0.2, 0.25) is 0 Å². The molecule has 1 aromatic heterocycles. The molecule has 0 aliphatic heterocycles. The summed E-state index contributed by atoms with van der Waals surface area (Å²) in [6, 6.07) is 12.6. The fourth-order valence-electron chi connectivity index (χ4n) is 2.44. The van der Waals surface area contributed by atoms with Gasteiger partial charge in [-0.15, -0.1) is 0 Å². The third-order valence-electron chi connectivity index (χ3n) is 3.62. The van der Waals surface area contributed by atoms with Crippen LogP contribution in [0.1, 0.15) is 15.9 Å². The topological polar surface area (TPSA) is 64.0 Å². The van der Waals surface area contributed by atoms with Crippen molar-refractivity contribution >= 4 is 32.7 Å². The Morgan fingerprint density at radius 1 is 1.26 bits per heavy atom. The highest BCUT2D eigenvalue weighted by Gasteiger charge is 2.11. The highest BCUT2D eigenvalue weighted by molar-refractivity contribution is 9.10. The maximum Gasteiger partial charge on any atom is 0.261 e. The van der Waals surface area contributed by atoms with Gasteiger partial charge < -0.3 is 5.32 Å². The minimum absolute atomic E-state index is 0.130. The summed E-state index contributed by atoms with van der Waals surface area (Å²) in [7, 11) is 1.58. The predicted molar refractivity (Wildman–Crippen MR) is 92.6 cm³/mol. The highest BCUT2D eigenvalue weighted by atomic mass is 79.9. The van der Waals surface area contributed by atoms with Crippen molar-refractivity contribution < 1.29 is 4.79 Å². The molecule has 3 rings (SSSR count). The van der Waals surface area contributed by atoms with Crippen molar-refractivity contribution in [2.24, 2.45) is 0 Å². The first-order valence-electron chi connectivity index (χ1n) is 7.05. The molecule has 5 nitrogen and oxygen atoms in total. The average molecular weight is 372 g/mol. The van der Waals surface area contributed by atoms with Crippen LogP contribution in [0.3, 0.4) is 0 Å². The zero-order chi connectivity index (χ0) is 16.4. The van der Waals surface area contributed by atoms with E-state index >= 15 is 0 Å². The summed E-state index contributed by atoms with van der Waals surface area (Å²) >= 11 is 3.37. The fourth-order valence-corrected chi connectivity index (χ4v) is 2.79. The van der Waals surface area contributed by atoms with Gasteiger partial charge in [0.25, 0.3) is 11.5 Å². The zero-order valence-corrected chi connectivity index (χ0v) is 14.0. The van der Waals surface area contributed by atoms with Crippen molar-refractivity contribution in [3.05, 3.63) is 74.7 Å². The Morgan fingerprint density at radius 3 is 2.83 bits per heavy atom. The highest BCUT2D eigenvalue weighted by Crippen LogP contribution is 2.15. The van der Waals surface area contributed by atoms with Crippen molar-refractivity contribution in [3.8, 4) is 0 Å². The molecule has 0 saturated carbocycles. The second-order valence-electron chi connectivity index (χ2n) is 5.08. The molecule has 0 unspecified atom stereocenters. The van der Waals surface area contributed by atoms with E-state index in [0.717, 1.165) is 10.0 Å². The van der Waals surface area contributed by atoms with Crippen molar-refractivity contribution in [3.63, 3.8) is 0 Å². The molecule has 0 fully saturated rings. The molecule has 0 atom stereocenters. The normalized spacial score (nSPS) is 10.7. The summed E-state index contributed by atoms with van der Waals surface area (Å²) in [6.07, 6.45) is 1.51. The van der Waals surface area contributed by atoms with Crippen molar-refractivity contribution in [2.75, 3.05) is 7.05 Å². The molecule has 0 saturated heterocycles. The van der Waals surface area contributed by atoms with Crippen LogP contribution >= 0.6 is 15.9 Å². The van der Waals surface area contributed by atoms with E-state index in [1.54, 1.807) is 31.3 Å². The van der Waals surface area contributed by atoms with Gasteiger partial charge in [0, 0.05) is 17.1 Å². The molecular formula is C17H14BrN3O2. The number of rotatable bonds is 3. The van der Waals surface area contributed by atoms with Crippen LogP contribution in [0.5, 0.6) is 0 Å². The molecule has 6 heteroatoms. The van der Waals surface area contributed by atoms with Gasteiger partial charge in [-0.1, -0.05) is 34.1 Å². The number of amides is 1. The second-order valence-corrected chi connectivity index (χ2v) is 5.99. The van der Waals surface area contributed by atoms with Gasteiger partial charge in [-0.2, -0.15) is 0 Å². The molecule has 1 heterocycles. The lowest BCUT2D eigenvalue weighted by atomic mass is 10.1. The van der Waals surface area contributed by atoms with Crippen LogP contribution in [0.15, 0.2) is 58.1 Å². The van der Waals surface area contributed by atoms with Gasteiger partial charge in [0.05, 0.1) is 23.8 Å². The summed E-state index contributed by atoms with van der Waals surface area (Å²) in [5.41, 5.74) is 1.83. The van der Waals surface area contributed by atoms with Gasteiger partial charge in [-0.25, -0.2) is 4.98 Å². The standard InChI is InChI=1S/C17H14BrN3O2/c1-19-16(22)13-5-3-2-4-11(13)9-21-10-20-15-8-12(18)6-7-14(15)17(21)23/h2-8,10H,9H2,1H3,(H,19,22). The molecule has 0 radical (unpaired) electrons. The molecule has 1 N–H and O–H groups in total. The van der Waals surface area contributed by atoms with Gasteiger partial charge in [-0.05, 0) is 29.8 Å². The number of carbonyl (C=O) groups is 1. The zero-order valence-electron chi connectivity index (χ0n) is 12.4. The third-order valence-corrected chi connectivity index (χ3v) is 4.11. The quantitative estimate of drug-likeness (QED) is 0.769. The molecule has 0 aliphatic carbocycles. The first kappa shape index (κ1) is 15.4. The van der Waals surface area contributed by atoms with E-state index in [0.29, 0.717) is 23.0 Å². The Balaban J connectivity index is 2.06. The molecule has 1 amide bonds. The lowest BCUT2D eigenvalue weighted by Crippen LogP contribution is -2.24. The SMILES string of the molecule is CNC(=O)c1ccccc1Cn1cnc2cc(Br)ccc2c1=O. The van der Waals surface area contributed by atoms with Crippen LogP contribution in [0.4, 0.5) is 0 Å². The van der Waals surface area contributed by atoms with Crippen LogP contribution in [0.25, 0.3) is 10.9 Å². The monoisotopic (exact) mass is 371 g/mol. The minimum Gasteiger partial charge on any atom is -0.355 e. The lowest BCUT2D eigenvalue weighted by molar-refractivity contribution is 0.0962. The number of fused-ring (bicyclic) bond motifs is 1. The summed E-state index contributed by atoms with van der Waals surface area (Å²) in [5.74, 6) is -0.175. The molecule has 23 heavy (non-hydrogen) atoms. The summed E-state index contributed by atoms with van der Waals surface area (Å²) in [4.78, 5) is 28.9. The Labute approximate surface area is 141 Å². The Kier molecular flexibility index (Phi) is 4.25. The Bertz CT molecular complexity index is 950. The molecule has 3 aromatic rings. The van der Waals surface area contributed by atoms with E-state index in [1.807, 2.05) is 18.2 Å². The van der Waals surface area contributed by atoms with E-state index in [4.69, 9.17) is 0 Å². The van der Waals surface area contributed by atoms with Crippen LogP contribution in [-0.4, -0.2) is 22.5 Å². The third kappa shape index (κ3) is 3.03. The lowest BCUT2D eigenvalue weighted by Gasteiger charge is -2.10. The number of benzene rings is 2.